The maximum atomic E-state index is 12.8. The number of methoxy groups -OCH3 is 2. The van der Waals surface area contributed by atoms with Crippen molar-refractivity contribution in [2.75, 3.05) is 14.2 Å². The highest BCUT2D eigenvalue weighted by Gasteiger charge is 2.26. The fourth-order valence-electron chi connectivity index (χ4n) is 3.05. The summed E-state index contributed by atoms with van der Waals surface area (Å²) in [6.07, 6.45) is 5.52. The van der Waals surface area contributed by atoms with Crippen LogP contribution in [0.1, 0.15) is 0 Å². The zero-order valence-electron chi connectivity index (χ0n) is 15.1. The van der Waals surface area contributed by atoms with Gasteiger partial charge in [-0.05, 0) is 35.9 Å². The van der Waals surface area contributed by atoms with Gasteiger partial charge >= 0.3 is 0 Å². The van der Waals surface area contributed by atoms with Gasteiger partial charge in [-0.2, -0.15) is 0 Å². The molecule has 0 radical (unpaired) electrons. The Morgan fingerprint density at radius 3 is 2.68 bits per heavy atom. The van der Waals surface area contributed by atoms with Crippen molar-refractivity contribution in [2.24, 2.45) is 0 Å². The lowest BCUT2D eigenvalue weighted by Crippen LogP contribution is -2.31. The fraction of sp³-hybridized carbons (Fsp3) is 0.200. The molecule has 2 heterocycles. The number of nitrogens with zero attached hydrogens (tertiary/aromatic N) is 2. The van der Waals surface area contributed by atoms with E-state index < -0.39 is 12.2 Å². The van der Waals surface area contributed by atoms with E-state index in [1.807, 2.05) is 12.1 Å². The third-order valence-electron chi connectivity index (χ3n) is 4.52. The Balaban J connectivity index is 1.75. The second-order valence-electron chi connectivity index (χ2n) is 6.26. The van der Waals surface area contributed by atoms with Gasteiger partial charge in [-0.1, -0.05) is 35.1 Å². The lowest BCUT2D eigenvalue weighted by atomic mass is 10.00. The molecular formula is C20H17ClN2O4S. The number of benzene rings is 1. The van der Waals surface area contributed by atoms with Gasteiger partial charge in [-0.15, -0.1) is 0 Å². The molecule has 0 saturated heterocycles. The van der Waals surface area contributed by atoms with E-state index in [1.54, 1.807) is 36.6 Å². The van der Waals surface area contributed by atoms with Crippen molar-refractivity contribution < 1.29 is 14.6 Å². The quantitative estimate of drug-likeness (QED) is 0.707. The van der Waals surface area contributed by atoms with Crippen LogP contribution in [-0.4, -0.2) is 40.9 Å². The van der Waals surface area contributed by atoms with Crippen molar-refractivity contribution in [2.45, 2.75) is 12.2 Å². The van der Waals surface area contributed by atoms with Gasteiger partial charge in [-0.3, -0.25) is 9.20 Å². The largest absolute Gasteiger partial charge is 0.498 e. The van der Waals surface area contributed by atoms with Gasteiger partial charge in [-0.25, -0.2) is 4.98 Å². The van der Waals surface area contributed by atoms with Crippen molar-refractivity contribution >= 4 is 34.0 Å². The van der Waals surface area contributed by atoms with Gasteiger partial charge in [0.2, 0.25) is 0 Å². The summed E-state index contributed by atoms with van der Waals surface area (Å²) >= 11 is 7.22. The first-order valence-electron chi connectivity index (χ1n) is 8.48. The summed E-state index contributed by atoms with van der Waals surface area (Å²) < 4.78 is 12.6. The third-order valence-corrected chi connectivity index (χ3v) is 5.75. The van der Waals surface area contributed by atoms with Gasteiger partial charge in [0, 0.05) is 23.9 Å². The van der Waals surface area contributed by atoms with Crippen LogP contribution in [0.25, 0.3) is 22.3 Å². The number of hydrogen-bond acceptors (Lipinski definition) is 6. The van der Waals surface area contributed by atoms with Crippen LogP contribution >= 0.6 is 22.9 Å². The zero-order valence-corrected chi connectivity index (χ0v) is 16.7. The molecule has 0 amide bonds. The summed E-state index contributed by atoms with van der Waals surface area (Å²) in [6.45, 7) is 0. The molecule has 1 aliphatic rings. The molecule has 144 valence electrons. The average Bonchev–Trinajstić information content (AvgIpc) is 3.23. The van der Waals surface area contributed by atoms with Crippen molar-refractivity contribution in [3.8, 4) is 11.3 Å². The van der Waals surface area contributed by atoms with E-state index in [0.717, 1.165) is 11.1 Å². The number of fused-ring (bicyclic) bond motifs is 1. The summed E-state index contributed by atoms with van der Waals surface area (Å²) in [6, 6.07) is 7.31. The minimum absolute atomic E-state index is 0.152. The molecule has 28 heavy (non-hydrogen) atoms. The van der Waals surface area contributed by atoms with Crippen LogP contribution < -0.4 is 10.1 Å². The monoisotopic (exact) mass is 416 g/mol. The number of imidazole rings is 1. The SMILES string of the molecule is COC1=CC(/C=c2\sc3nc(-c4ccc(Cl)cc4)cn3c2=O)=CC(OC)C1O. The van der Waals surface area contributed by atoms with Gasteiger partial charge < -0.3 is 14.6 Å². The van der Waals surface area contributed by atoms with Gasteiger partial charge in [0.1, 0.15) is 18.0 Å². The van der Waals surface area contributed by atoms with E-state index in [1.165, 1.54) is 30.0 Å². The minimum Gasteiger partial charge on any atom is -0.498 e. The van der Waals surface area contributed by atoms with Gasteiger partial charge in [0.25, 0.3) is 5.56 Å². The summed E-state index contributed by atoms with van der Waals surface area (Å²) in [7, 11) is 3.00. The molecule has 3 aromatic rings. The highest BCUT2D eigenvalue weighted by Crippen LogP contribution is 2.23. The normalized spacial score (nSPS) is 20.4. The smallest absolute Gasteiger partial charge is 0.274 e. The van der Waals surface area contributed by atoms with Gasteiger partial charge in [0.15, 0.2) is 4.96 Å². The number of rotatable bonds is 4. The van der Waals surface area contributed by atoms with Crippen LogP contribution in [0.5, 0.6) is 0 Å². The molecule has 2 aromatic heterocycles. The average molecular weight is 417 g/mol. The molecule has 0 spiro atoms. The molecule has 8 heteroatoms. The Labute approximate surface area is 169 Å². The molecule has 0 aliphatic heterocycles. The predicted molar refractivity (Wildman–Crippen MR) is 109 cm³/mol. The summed E-state index contributed by atoms with van der Waals surface area (Å²) in [5.41, 5.74) is 2.19. The number of allylic oxidation sites excluding steroid dienone is 2. The van der Waals surface area contributed by atoms with Crippen LogP contribution in [0.3, 0.4) is 0 Å². The van der Waals surface area contributed by atoms with E-state index >= 15 is 0 Å². The number of ether oxygens (including phenoxy) is 2. The molecule has 0 saturated carbocycles. The number of aromatic nitrogens is 2. The Bertz CT molecular complexity index is 1190. The molecule has 1 N–H and O–H groups in total. The number of thiazole rings is 1. The van der Waals surface area contributed by atoms with E-state index in [4.69, 9.17) is 21.1 Å². The molecule has 0 fully saturated rings. The third kappa shape index (κ3) is 3.38. The second kappa shape index (κ2) is 7.52. The van der Waals surface area contributed by atoms with Crippen molar-refractivity contribution in [3.63, 3.8) is 0 Å². The Hall–Kier alpha value is -2.45. The van der Waals surface area contributed by atoms with E-state index in [-0.39, 0.29) is 5.56 Å². The Kier molecular flexibility index (Phi) is 5.07. The van der Waals surface area contributed by atoms with Crippen LogP contribution in [0.2, 0.25) is 5.02 Å². The zero-order chi connectivity index (χ0) is 19.8. The van der Waals surface area contributed by atoms with Crippen LogP contribution in [0.15, 0.2) is 58.7 Å². The van der Waals surface area contributed by atoms with E-state index in [0.29, 0.717) is 26.0 Å². The molecule has 6 nitrogen and oxygen atoms in total. The van der Waals surface area contributed by atoms with E-state index in [2.05, 4.69) is 4.98 Å². The van der Waals surface area contributed by atoms with Crippen molar-refractivity contribution in [3.05, 3.63) is 73.9 Å². The highest BCUT2D eigenvalue weighted by molar-refractivity contribution is 7.15. The first-order valence-corrected chi connectivity index (χ1v) is 9.67. The maximum Gasteiger partial charge on any atom is 0.274 e. The van der Waals surface area contributed by atoms with Gasteiger partial charge in [0.05, 0.1) is 17.3 Å². The minimum atomic E-state index is -0.874. The standard InChI is InChI=1S/C20H17ClN2O4S/c1-26-15-7-11(8-16(27-2)18(15)24)9-17-19(25)23-10-14(22-20(23)28-17)12-3-5-13(21)6-4-12/h3-10,15,18,24H,1-2H3/b17-9-. The molecule has 2 unspecified atom stereocenters. The summed E-state index contributed by atoms with van der Waals surface area (Å²) in [5, 5.41) is 10.8. The fourth-order valence-corrected chi connectivity index (χ4v) is 4.13. The maximum absolute atomic E-state index is 12.8. The van der Waals surface area contributed by atoms with Crippen molar-refractivity contribution in [1.82, 2.24) is 9.38 Å². The molecule has 0 bridgehead atoms. The first kappa shape index (κ1) is 18.9. The molecular weight excluding hydrogens is 400 g/mol. The summed E-state index contributed by atoms with van der Waals surface area (Å²) in [4.78, 5) is 18.0. The first-order chi connectivity index (χ1) is 13.5. The lowest BCUT2D eigenvalue weighted by molar-refractivity contribution is 0.00697. The van der Waals surface area contributed by atoms with Crippen LogP contribution in [0.4, 0.5) is 0 Å². The predicted octanol–water partition coefficient (Wildman–Crippen LogP) is 2.42. The Morgan fingerprint density at radius 1 is 1.29 bits per heavy atom. The van der Waals surface area contributed by atoms with Crippen LogP contribution in [-0.2, 0) is 9.47 Å². The molecule has 4 rings (SSSR count). The van der Waals surface area contributed by atoms with E-state index in [9.17, 15) is 9.90 Å². The van der Waals surface area contributed by atoms with Crippen LogP contribution in [0, 0.1) is 0 Å². The lowest BCUT2D eigenvalue weighted by Gasteiger charge is -2.24. The van der Waals surface area contributed by atoms with Crippen molar-refractivity contribution in [1.29, 1.82) is 0 Å². The molecule has 2 atom stereocenters. The summed E-state index contributed by atoms with van der Waals surface area (Å²) in [5.74, 6) is 0.388. The number of hydrogen-bond donors (Lipinski definition) is 1. The second-order valence-corrected chi connectivity index (χ2v) is 7.71. The molecule has 1 aromatic carbocycles. The number of aliphatic hydroxyl groups is 1. The number of halogens is 1. The topological polar surface area (TPSA) is 73.1 Å². The Morgan fingerprint density at radius 2 is 2.04 bits per heavy atom. The number of aliphatic hydroxyl groups excluding tert-OH is 1. The molecule has 1 aliphatic carbocycles. The highest BCUT2D eigenvalue weighted by atomic mass is 35.5.